The van der Waals surface area contributed by atoms with E-state index in [0.29, 0.717) is 35.7 Å². The Bertz CT molecular complexity index is 1430. The van der Waals surface area contributed by atoms with E-state index in [1.165, 1.54) is 12.3 Å². The summed E-state index contributed by atoms with van der Waals surface area (Å²) in [6, 6.07) is 1.98. The fourth-order valence-electron chi connectivity index (χ4n) is 4.05. The monoisotopic (exact) mass is 598 g/mol. The van der Waals surface area contributed by atoms with Gasteiger partial charge in [0.05, 0.1) is 11.8 Å². The van der Waals surface area contributed by atoms with Gasteiger partial charge in [-0.3, -0.25) is 4.79 Å². The summed E-state index contributed by atoms with van der Waals surface area (Å²) in [6.07, 6.45) is 7.97. The molecule has 0 radical (unpaired) electrons. The molecule has 1 atom stereocenters. The third-order valence-electron chi connectivity index (χ3n) is 6.26. The smallest absolute Gasteiger partial charge is 0.378 e. The Hall–Kier alpha value is -4.54. The van der Waals surface area contributed by atoms with Gasteiger partial charge in [0.15, 0.2) is 5.82 Å². The number of carbonyl (C=O) groups is 1. The van der Waals surface area contributed by atoms with Crippen LogP contribution < -0.4 is 5.32 Å². The SMILES string of the molecule is C=C\C(C)=C/C(=C(/C=C(/c1cnc(/C(C=NN(C)C)=C/C=O)nc1)N(C)C)CC)[C@@H](C)Nc1ccc(F)cc1C(F)(F)F. The fraction of sp³-hybridized carbons (Fsp3) is 0.312. The van der Waals surface area contributed by atoms with Gasteiger partial charge in [0.25, 0.3) is 0 Å². The summed E-state index contributed by atoms with van der Waals surface area (Å²) in [5.41, 5.74) is 2.93. The molecule has 0 aliphatic heterocycles. The van der Waals surface area contributed by atoms with Gasteiger partial charge in [0.2, 0.25) is 0 Å². The Labute approximate surface area is 250 Å². The summed E-state index contributed by atoms with van der Waals surface area (Å²) in [5.74, 6) is -0.655. The number of anilines is 1. The Kier molecular flexibility index (Phi) is 12.6. The number of halogens is 4. The third kappa shape index (κ3) is 10.1. The van der Waals surface area contributed by atoms with Crippen molar-refractivity contribution in [2.45, 2.75) is 39.4 Å². The number of aromatic nitrogens is 2. The number of carbonyl (C=O) groups excluding carboxylic acids is 1. The number of allylic oxidation sites excluding steroid dienone is 6. The van der Waals surface area contributed by atoms with E-state index >= 15 is 0 Å². The number of hydrazone groups is 1. The molecular weight excluding hydrogens is 560 g/mol. The molecule has 11 heteroatoms. The van der Waals surface area contributed by atoms with E-state index in [0.717, 1.165) is 34.5 Å². The van der Waals surface area contributed by atoms with Gasteiger partial charge in [-0.15, -0.1) is 0 Å². The minimum absolute atomic E-state index is 0.225. The van der Waals surface area contributed by atoms with Gasteiger partial charge in [0, 0.05) is 69.1 Å². The fourth-order valence-corrected chi connectivity index (χ4v) is 4.05. The summed E-state index contributed by atoms with van der Waals surface area (Å²) >= 11 is 0. The number of hydrogen-bond donors (Lipinski definition) is 1. The lowest BCUT2D eigenvalue weighted by molar-refractivity contribution is -0.137. The second-order valence-corrected chi connectivity index (χ2v) is 10.0. The molecule has 43 heavy (non-hydrogen) atoms. The Morgan fingerprint density at radius 1 is 1.14 bits per heavy atom. The van der Waals surface area contributed by atoms with Crippen molar-refractivity contribution in [1.29, 1.82) is 0 Å². The average Bonchev–Trinajstić information content (AvgIpc) is 2.95. The third-order valence-corrected chi connectivity index (χ3v) is 6.26. The van der Waals surface area contributed by atoms with Crippen molar-refractivity contribution in [1.82, 2.24) is 19.9 Å². The summed E-state index contributed by atoms with van der Waals surface area (Å²) in [6.45, 7) is 9.35. The van der Waals surface area contributed by atoms with Gasteiger partial charge in [-0.05, 0) is 61.8 Å². The highest BCUT2D eigenvalue weighted by atomic mass is 19.4. The van der Waals surface area contributed by atoms with Crippen LogP contribution in [0.25, 0.3) is 11.3 Å². The summed E-state index contributed by atoms with van der Waals surface area (Å²) in [7, 11) is 7.21. The number of benzene rings is 1. The first kappa shape index (κ1) is 34.7. The maximum atomic E-state index is 13.7. The molecule has 0 unspecified atom stereocenters. The van der Waals surface area contributed by atoms with E-state index in [2.05, 4.69) is 27.0 Å². The van der Waals surface area contributed by atoms with E-state index in [1.54, 1.807) is 44.5 Å². The minimum atomic E-state index is -4.74. The number of aldehydes is 1. The molecule has 230 valence electrons. The van der Waals surface area contributed by atoms with Gasteiger partial charge in [0.1, 0.15) is 12.1 Å². The highest BCUT2D eigenvalue weighted by molar-refractivity contribution is 6.11. The first-order valence-corrected chi connectivity index (χ1v) is 13.5. The first-order valence-electron chi connectivity index (χ1n) is 13.5. The highest BCUT2D eigenvalue weighted by Gasteiger charge is 2.34. The van der Waals surface area contributed by atoms with E-state index in [-0.39, 0.29) is 5.69 Å². The molecular formula is C32H38F4N6O. The lowest BCUT2D eigenvalue weighted by Crippen LogP contribution is -2.22. The Balaban J connectivity index is 2.66. The number of nitrogens with zero attached hydrogens (tertiary/aromatic N) is 5. The lowest BCUT2D eigenvalue weighted by atomic mass is 9.95. The van der Waals surface area contributed by atoms with Crippen LogP contribution in [0, 0.1) is 5.82 Å². The van der Waals surface area contributed by atoms with Crippen LogP contribution in [0.5, 0.6) is 0 Å². The quantitative estimate of drug-likeness (QED) is 0.0668. The number of alkyl halides is 3. The molecule has 1 aromatic carbocycles. The second-order valence-electron chi connectivity index (χ2n) is 10.0. The van der Waals surface area contributed by atoms with Crippen LogP contribution in [0.4, 0.5) is 23.2 Å². The Morgan fingerprint density at radius 3 is 2.30 bits per heavy atom. The zero-order valence-electron chi connectivity index (χ0n) is 25.5. The predicted octanol–water partition coefficient (Wildman–Crippen LogP) is 7.01. The maximum absolute atomic E-state index is 13.7. The molecule has 2 rings (SSSR count). The van der Waals surface area contributed by atoms with Crippen LogP contribution >= 0.6 is 0 Å². The number of rotatable bonds is 13. The molecule has 7 nitrogen and oxygen atoms in total. The van der Waals surface area contributed by atoms with Crippen LogP contribution in [-0.4, -0.2) is 66.6 Å². The summed E-state index contributed by atoms with van der Waals surface area (Å²) < 4.78 is 54.9. The minimum Gasteiger partial charge on any atom is -0.378 e. The van der Waals surface area contributed by atoms with Gasteiger partial charge in [-0.25, -0.2) is 14.4 Å². The largest absolute Gasteiger partial charge is 0.418 e. The molecule has 0 saturated heterocycles. The summed E-state index contributed by atoms with van der Waals surface area (Å²) in [5, 5.41) is 8.67. The standard InChI is InChI=1S/C32H38F4N6O/c1-9-21(3)15-27(22(4)40-29-12-11-26(33)17-28(29)32(34,35)36)23(10-2)16-30(41(5)6)25-18-37-31(38-19-25)24(13-14-43)20-39-42(7)8/h9,11-20,22,40H,1,10H2,2-8H3/b21-15-,24-13+,27-23-,30-16-,39-20?/t22-/m1/s1. The van der Waals surface area contributed by atoms with Gasteiger partial charge in [-0.1, -0.05) is 31.2 Å². The van der Waals surface area contributed by atoms with E-state index in [1.807, 2.05) is 45.0 Å². The van der Waals surface area contributed by atoms with Crippen LogP contribution in [-0.2, 0) is 11.0 Å². The zero-order valence-corrected chi connectivity index (χ0v) is 25.5. The molecule has 2 aromatic rings. The average molecular weight is 599 g/mol. The van der Waals surface area contributed by atoms with Crippen LogP contribution in [0.15, 0.2) is 83.3 Å². The summed E-state index contributed by atoms with van der Waals surface area (Å²) in [4.78, 5) is 21.9. The normalized spacial score (nSPS) is 14.3. The lowest BCUT2D eigenvalue weighted by Gasteiger charge is -2.24. The van der Waals surface area contributed by atoms with Crippen molar-refractivity contribution >= 4 is 29.5 Å². The topological polar surface area (TPSA) is 73.7 Å². The molecule has 0 aliphatic rings. The van der Waals surface area contributed by atoms with Crippen molar-refractivity contribution in [2.24, 2.45) is 5.10 Å². The van der Waals surface area contributed by atoms with Crippen LogP contribution in [0.3, 0.4) is 0 Å². The van der Waals surface area contributed by atoms with Gasteiger partial charge < -0.3 is 15.2 Å². The second kappa shape index (κ2) is 15.6. The molecule has 0 aliphatic carbocycles. The number of nitrogens with one attached hydrogen (secondary N) is 1. The number of hydrogen-bond acceptors (Lipinski definition) is 7. The van der Waals surface area contributed by atoms with Crippen LogP contribution in [0.1, 0.15) is 44.1 Å². The Morgan fingerprint density at radius 2 is 1.79 bits per heavy atom. The zero-order chi connectivity index (χ0) is 32.3. The first-order chi connectivity index (χ1) is 20.2. The van der Waals surface area contributed by atoms with E-state index < -0.39 is 23.6 Å². The molecule has 0 amide bonds. The highest BCUT2D eigenvalue weighted by Crippen LogP contribution is 2.36. The maximum Gasteiger partial charge on any atom is 0.418 e. The van der Waals surface area contributed by atoms with Crippen molar-refractivity contribution in [2.75, 3.05) is 33.5 Å². The van der Waals surface area contributed by atoms with Gasteiger partial charge in [-0.2, -0.15) is 18.3 Å². The molecule has 0 saturated carbocycles. The van der Waals surface area contributed by atoms with E-state index in [9.17, 15) is 22.4 Å². The molecule has 0 bridgehead atoms. The molecule has 0 spiro atoms. The molecule has 0 fully saturated rings. The predicted molar refractivity (Wildman–Crippen MR) is 166 cm³/mol. The van der Waals surface area contributed by atoms with Gasteiger partial charge >= 0.3 is 6.18 Å². The van der Waals surface area contributed by atoms with Crippen LogP contribution in [0.2, 0.25) is 0 Å². The van der Waals surface area contributed by atoms with Crippen molar-refractivity contribution in [3.05, 3.63) is 101 Å². The van der Waals surface area contributed by atoms with Crippen molar-refractivity contribution in [3.8, 4) is 0 Å². The van der Waals surface area contributed by atoms with E-state index in [4.69, 9.17) is 0 Å². The molecule has 1 heterocycles. The molecule has 1 aromatic heterocycles. The molecule has 1 N–H and O–H groups in total. The van der Waals surface area contributed by atoms with Crippen molar-refractivity contribution < 1.29 is 22.4 Å². The van der Waals surface area contributed by atoms with Crippen molar-refractivity contribution in [3.63, 3.8) is 0 Å².